The summed E-state index contributed by atoms with van der Waals surface area (Å²) in [6, 6.07) is 26.0. The average molecular weight is 863 g/mol. The number of carbonyl (C=O) groups excluding carboxylic acids is 4. The van der Waals surface area contributed by atoms with E-state index in [0.29, 0.717) is 25.0 Å². The number of halogens is 6. The number of imide groups is 2. The quantitative estimate of drug-likeness (QED) is 0.0828. The van der Waals surface area contributed by atoms with Gasteiger partial charge in [-0.25, -0.2) is 14.6 Å². The van der Waals surface area contributed by atoms with Crippen molar-refractivity contribution in [3.63, 3.8) is 0 Å². The van der Waals surface area contributed by atoms with Crippen LogP contribution in [0.5, 0.6) is 0 Å². The third-order valence-electron chi connectivity index (χ3n) is 12.7. The Morgan fingerprint density at radius 1 is 0.683 bits per heavy atom. The van der Waals surface area contributed by atoms with Crippen LogP contribution in [0.1, 0.15) is 34.7 Å². The molecular formula is C47H32F6N4O6. The molecule has 63 heavy (non-hydrogen) atoms. The smallest absolute Gasteiger partial charge is 0.362 e. The van der Waals surface area contributed by atoms with Gasteiger partial charge in [-0.1, -0.05) is 91.0 Å². The van der Waals surface area contributed by atoms with Crippen LogP contribution in [0, 0.1) is 41.6 Å². The second-order valence-electron chi connectivity index (χ2n) is 16.4. The van der Waals surface area contributed by atoms with Crippen molar-refractivity contribution >= 4 is 40.7 Å². The molecule has 4 bridgehead atoms. The van der Waals surface area contributed by atoms with Crippen molar-refractivity contribution < 1.29 is 55.0 Å². The van der Waals surface area contributed by atoms with E-state index in [4.69, 9.17) is 21.3 Å². The largest absolute Gasteiger partial charge is 0.417 e. The Balaban J connectivity index is 0.000000160. The predicted octanol–water partition coefficient (Wildman–Crippen LogP) is 8.33. The fraction of sp³-hybridized carbons (Fsp3) is 0.277. The van der Waals surface area contributed by atoms with Gasteiger partial charge in [0.05, 0.1) is 70.4 Å². The molecule has 10 rings (SSSR count). The van der Waals surface area contributed by atoms with Gasteiger partial charge in [-0.05, 0) is 48.4 Å². The molecule has 318 valence electrons. The van der Waals surface area contributed by atoms with Gasteiger partial charge < -0.3 is 9.47 Å². The van der Waals surface area contributed by atoms with Crippen molar-refractivity contribution in [1.29, 1.82) is 5.26 Å². The SMILES string of the molecule is CC12C=CC(Cc3ccccc3)(O1)[C@H]1C(=O)N(c3ccc(C#N)c(C(F)(F)F)c3)C(=O)[C@H]12.[C-]#[N+]c1ccc(N2C(=O)[C@@H]3C4C=CC(Cc5ccccc5)(O4)[C@@H]3C2=O)cc1C(F)(F)F. The molecule has 0 aromatic heterocycles. The highest BCUT2D eigenvalue weighted by atomic mass is 19.4. The van der Waals surface area contributed by atoms with Crippen molar-refractivity contribution in [2.75, 3.05) is 9.80 Å². The average Bonchev–Trinajstić information content (AvgIpc) is 4.07. The van der Waals surface area contributed by atoms with Crippen LogP contribution in [0.3, 0.4) is 0 Å². The van der Waals surface area contributed by atoms with Crippen molar-refractivity contribution in [3.05, 3.63) is 161 Å². The lowest BCUT2D eigenvalue weighted by Crippen LogP contribution is -2.42. The number of fused-ring (bicyclic) bond motifs is 10. The fourth-order valence-corrected chi connectivity index (χ4v) is 10.1. The zero-order valence-corrected chi connectivity index (χ0v) is 32.9. The van der Waals surface area contributed by atoms with Crippen LogP contribution in [0.25, 0.3) is 4.85 Å². The standard InChI is InChI=1S/C24H17F3N2O3.C23H15F3N2O3/c1-22-9-10-23(32-22,12-14-5-3-2-4-6-14)19-18(22)20(30)29(21(19)31)16-8-7-15(13-28)17(11-16)24(25,26)27;1-27-16-8-7-14(11-15(16)23(24,25)26)28-20(29)18-17-9-10-22(31-17,19(18)21(28)30)12-13-5-3-2-4-6-13/h2-11,18-19H,12H2,1H3;2-11,17-19H,12H2/t18-,19+,22?,23?;17?,18-,19+,22?/m01/s1. The van der Waals surface area contributed by atoms with E-state index >= 15 is 0 Å². The maximum absolute atomic E-state index is 13.5. The molecule has 4 aromatic carbocycles. The van der Waals surface area contributed by atoms with Crippen molar-refractivity contribution in [2.24, 2.45) is 23.7 Å². The van der Waals surface area contributed by atoms with E-state index in [2.05, 4.69) is 4.85 Å². The van der Waals surface area contributed by atoms with Gasteiger partial charge in [0.25, 0.3) is 0 Å². The second-order valence-corrected chi connectivity index (χ2v) is 16.4. The van der Waals surface area contributed by atoms with Crippen LogP contribution in [0.2, 0.25) is 0 Å². The van der Waals surface area contributed by atoms with E-state index in [0.717, 1.165) is 33.1 Å². The van der Waals surface area contributed by atoms with Crippen LogP contribution in [-0.4, -0.2) is 46.5 Å². The highest BCUT2D eigenvalue weighted by molar-refractivity contribution is 6.24. The van der Waals surface area contributed by atoms with Crippen LogP contribution < -0.4 is 9.80 Å². The number of carbonyl (C=O) groups is 4. The van der Waals surface area contributed by atoms with E-state index in [1.807, 2.05) is 60.7 Å². The van der Waals surface area contributed by atoms with Crippen molar-refractivity contribution in [1.82, 2.24) is 0 Å². The third-order valence-corrected chi connectivity index (χ3v) is 12.7. The minimum Gasteiger partial charge on any atom is -0.362 e. The first-order valence-corrected chi connectivity index (χ1v) is 19.7. The second kappa shape index (κ2) is 14.3. The molecule has 0 saturated carbocycles. The molecular weight excluding hydrogens is 831 g/mol. The Bertz CT molecular complexity index is 2760. The number of rotatable bonds is 6. The minimum absolute atomic E-state index is 0.182. The summed E-state index contributed by atoms with van der Waals surface area (Å²) in [6.07, 6.45) is -2.33. The normalized spacial score (nSPS) is 29.8. The fourth-order valence-electron chi connectivity index (χ4n) is 10.1. The van der Waals surface area contributed by atoms with Crippen LogP contribution in [0.4, 0.5) is 43.4 Å². The van der Waals surface area contributed by atoms with Crippen LogP contribution in [-0.2, 0) is 53.8 Å². The first-order chi connectivity index (χ1) is 29.8. The van der Waals surface area contributed by atoms with E-state index in [9.17, 15) is 45.5 Å². The highest BCUT2D eigenvalue weighted by Crippen LogP contribution is 2.59. The van der Waals surface area contributed by atoms with E-state index in [1.165, 1.54) is 18.2 Å². The Labute approximate surface area is 355 Å². The lowest BCUT2D eigenvalue weighted by atomic mass is 9.70. The summed E-state index contributed by atoms with van der Waals surface area (Å²) >= 11 is 0. The zero-order valence-electron chi connectivity index (χ0n) is 32.9. The Morgan fingerprint density at radius 2 is 1.22 bits per heavy atom. The summed E-state index contributed by atoms with van der Waals surface area (Å²) in [4.78, 5) is 57.9. The number of ether oxygens (including phenoxy) is 2. The number of nitriles is 1. The molecule has 4 fully saturated rings. The molecule has 0 N–H and O–H groups in total. The molecule has 10 nitrogen and oxygen atoms in total. The number of nitrogens with zero attached hydrogens (tertiary/aromatic N) is 4. The number of amides is 4. The lowest BCUT2D eigenvalue weighted by molar-refractivity contribution is -0.138. The predicted molar refractivity (Wildman–Crippen MR) is 211 cm³/mol. The number of hydrogen-bond donors (Lipinski definition) is 0. The molecule has 16 heteroatoms. The molecule has 4 aromatic rings. The summed E-state index contributed by atoms with van der Waals surface area (Å²) < 4.78 is 92.9. The van der Waals surface area contributed by atoms with Crippen LogP contribution in [0.15, 0.2) is 121 Å². The molecule has 4 unspecified atom stereocenters. The van der Waals surface area contributed by atoms with Gasteiger partial charge in [0, 0.05) is 18.5 Å². The molecule has 8 atom stereocenters. The number of hydrogen-bond acceptors (Lipinski definition) is 7. The number of benzene rings is 4. The van der Waals surface area contributed by atoms with Gasteiger partial charge in [-0.3, -0.25) is 19.2 Å². The Hall–Kier alpha value is -6.88. The van der Waals surface area contributed by atoms with Crippen LogP contribution >= 0.6 is 0 Å². The lowest BCUT2D eigenvalue weighted by Gasteiger charge is -2.29. The topological polar surface area (TPSA) is 121 Å². The molecule has 6 aliphatic rings. The summed E-state index contributed by atoms with van der Waals surface area (Å²) in [5.74, 6) is -5.64. The summed E-state index contributed by atoms with van der Waals surface area (Å²) in [5, 5.41) is 9.04. The summed E-state index contributed by atoms with van der Waals surface area (Å²) in [6.45, 7) is 8.69. The summed E-state index contributed by atoms with van der Waals surface area (Å²) in [7, 11) is 0. The van der Waals surface area contributed by atoms with E-state index in [1.54, 1.807) is 31.2 Å². The molecule has 4 saturated heterocycles. The van der Waals surface area contributed by atoms with Gasteiger partial charge in [-0.2, -0.15) is 31.6 Å². The molecule has 6 aliphatic heterocycles. The first-order valence-electron chi connectivity index (χ1n) is 19.7. The molecule has 0 radical (unpaired) electrons. The monoisotopic (exact) mass is 862 g/mol. The van der Waals surface area contributed by atoms with Gasteiger partial charge in [0.2, 0.25) is 23.6 Å². The van der Waals surface area contributed by atoms with Crippen molar-refractivity contribution in [3.8, 4) is 6.07 Å². The van der Waals surface area contributed by atoms with E-state index in [-0.39, 0.29) is 11.4 Å². The van der Waals surface area contributed by atoms with Crippen molar-refractivity contribution in [2.45, 2.75) is 55.0 Å². The zero-order chi connectivity index (χ0) is 44.9. The maximum atomic E-state index is 13.5. The minimum atomic E-state index is -4.80. The summed E-state index contributed by atoms with van der Waals surface area (Å²) in [5.41, 5.74) is -5.14. The van der Waals surface area contributed by atoms with E-state index < -0.39 is 105 Å². The van der Waals surface area contributed by atoms with Gasteiger partial charge >= 0.3 is 12.4 Å². The third kappa shape index (κ3) is 6.46. The highest BCUT2D eigenvalue weighted by Gasteiger charge is 2.72. The maximum Gasteiger partial charge on any atom is 0.417 e. The van der Waals surface area contributed by atoms with Gasteiger partial charge in [0.1, 0.15) is 11.2 Å². The molecule has 0 spiro atoms. The van der Waals surface area contributed by atoms with Gasteiger partial charge in [0.15, 0.2) is 5.69 Å². The Kier molecular flexibility index (Phi) is 9.44. The van der Waals surface area contributed by atoms with Gasteiger partial charge in [-0.15, -0.1) is 0 Å². The Morgan fingerprint density at radius 3 is 1.81 bits per heavy atom. The first kappa shape index (κ1) is 41.5. The number of alkyl halides is 6. The molecule has 4 amide bonds. The molecule has 0 aliphatic carbocycles. The number of anilines is 2. The molecule has 6 heterocycles.